The Morgan fingerprint density at radius 2 is 2.12 bits per heavy atom. The third kappa shape index (κ3) is 3.58. The topological polar surface area (TPSA) is 59.4 Å². The van der Waals surface area contributed by atoms with E-state index in [2.05, 4.69) is 0 Å². The molecule has 0 saturated heterocycles. The Bertz CT molecular complexity index is 304. The zero-order chi connectivity index (χ0) is 12.1. The van der Waals surface area contributed by atoms with E-state index in [0.29, 0.717) is 5.76 Å². The van der Waals surface area contributed by atoms with Crippen LogP contribution >= 0.6 is 0 Å². The maximum absolute atomic E-state index is 9.99. The highest BCUT2D eigenvalue weighted by atomic mass is 16.4. The number of furan rings is 1. The molecule has 1 heterocycles. The summed E-state index contributed by atoms with van der Waals surface area (Å²) in [5.41, 5.74) is 6.02. The van der Waals surface area contributed by atoms with Crippen LogP contribution in [0.2, 0.25) is 0 Å². The van der Waals surface area contributed by atoms with Crippen molar-refractivity contribution >= 4 is 0 Å². The molecule has 3 N–H and O–H groups in total. The van der Waals surface area contributed by atoms with E-state index in [-0.39, 0.29) is 6.04 Å². The number of hydrogen-bond donors (Lipinski definition) is 2. The zero-order valence-corrected chi connectivity index (χ0v) is 10.3. The highest BCUT2D eigenvalue weighted by molar-refractivity contribution is 5.04. The predicted molar refractivity (Wildman–Crippen MR) is 67.5 cm³/mol. The number of nitrogens with two attached hydrogens (primary N) is 1. The minimum atomic E-state index is -0.659. The van der Waals surface area contributed by atoms with E-state index in [0.717, 1.165) is 18.8 Å². The molecule has 3 heteroatoms. The molecule has 96 valence electrons. The quantitative estimate of drug-likeness (QED) is 0.827. The summed E-state index contributed by atoms with van der Waals surface area (Å²) in [6.07, 6.45) is 9.72. The molecular weight excluding hydrogens is 214 g/mol. The lowest BCUT2D eigenvalue weighted by molar-refractivity contribution is 0.113. The van der Waals surface area contributed by atoms with Gasteiger partial charge in [-0.15, -0.1) is 0 Å². The van der Waals surface area contributed by atoms with Gasteiger partial charge in [0.25, 0.3) is 0 Å². The highest BCUT2D eigenvalue weighted by Gasteiger charge is 2.21. The Kier molecular flexibility index (Phi) is 4.63. The molecule has 0 aliphatic heterocycles. The van der Waals surface area contributed by atoms with Crippen molar-refractivity contribution in [2.75, 3.05) is 0 Å². The first-order valence-corrected chi connectivity index (χ1v) is 6.74. The SMILES string of the molecule is NC(CCC1CCCCC1)C(O)c1ccco1. The van der Waals surface area contributed by atoms with E-state index < -0.39 is 6.10 Å². The molecule has 17 heavy (non-hydrogen) atoms. The molecule has 1 fully saturated rings. The molecule has 0 amide bonds. The van der Waals surface area contributed by atoms with E-state index in [9.17, 15) is 5.11 Å². The Balaban J connectivity index is 1.74. The van der Waals surface area contributed by atoms with Crippen LogP contribution in [0.25, 0.3) is 0 Å². The molecule has 3 nitrogen and oxygen atoms in total. The van der Waals surface area contributed by atoms with Crippen LogP contribution in [0.1, 0.15) is 56.8 Å². The van der Waals surface area contributed by atoms with Crippen LogP contribution in [-0.4, -0.2) is 11.1 Å². The maximum Gasteiger partial charge on any atom is 0.133 e. The van der Waals surface area contributed by atoms with Crippen LogP contribution < -0.4 is 5.73 Å². The number of rotatable bonds is 5. The van der Waals surface area contributed by atoms with Crippen molar-refractivity contribution in [3.8, 4) is 0 Å². The molecule has 1 aliphatic carbocycles. The zero-order valence-electron chi connectivity index (χ0n) is 10.3. The van der Waals surface area contributed by atoms with Crippen molar-refractivity contribution in [2.24, 2.45) is 11.7 Å². The van der Waals surface area contributed by atoms with Gasteiger partial charge in [0.05, 0.1) is 6.26 Å². The minimum absolute atomic E-state index is 0.205. The normalized spacial score (nSPS) is 21.3. The fourth-order valence-electron chi connectivity index (χ4n) is 2.73. The monoisotopic (exact) mass is 237 g/mol. The average Bonchev–Trinajstić information content (AvgIpc) is 2.90. The van der Waals surface area contributed by atoms with E-state index in [1.54, 1.807) is 18.4 Å². The lowest BCUT2D eigenvalue weighted by atomic mass is 9.84. The van der Waals surface area contributed by atoms with E-state index >= 15 is 0 Å². The van der Waals surface area contributed by atoms with Gasteiger partial charge in [0.15, 0.2) is 0 Å². The third-order valence-corrected chi connectivity index (χ3v) is 3.87. The molecule has 0 spiro atoms. The van der Waals surface area contributed by atoms with E-state index in [4.69, 9.17) is 10.2 Å². The predicted octanol–water partition coefficient (Wildman–Crippen LogP) is 3.00. The summed E-state index contributed by atoms with van der Waals surface area (Å²) in [7, 11) is 0. The van der Waals surface area contributed by atoms with Crippen molar-refractivity contribution in [1.82, 2.24) is 0 Å². The van der Waals surface area contributed by atoms with Gasteiger partial charge in [-0.2, -0.15) is 0 Å². The Labute approximate surface area is 103 Å². The minimum Gasteiger partial charge on any atom is -0.467 e. The summed E-state index contributed by atoms with van der Waals surface area (Å²) < 4.78 is 5.18. The largest absolute Gasteiger partial charge is 0.467 e. The molecule has 1 aromatic heterocycles. The molecule has 0 bridgehead atoms. The van der Waals surface area contributed by atoms with Crippen LogP contribution in [-0.2, 0) is 0 Å². The first kappa shape index (κ1) is 12.7. The lowest BCUT2D eigenvalue weighted by Gasteiger charge is -2.24. The van der Waals surface area contributed by atoms with Gasteiger partial charge in [-0.05, 0) is 30.9 Å². The fourth-order valence-corrected chi connectivity index (χ4v) is 2.73. The van der Waals surface area contributed by atoms with Crippen LogP contribution in [0.5, 0.6) is 0 Å². The summed E-state index contributed by atoms with van der Waals surface area (Å²) in [4.78, 5) is 0. The smallest absolute Gasteiger partial charge is 0.133 e. The second-order valence-electron chi connectivity index (χ2n) is 5.21. The molecule has 2 atom stereocenters. The number of aliphatic hydroxyl groups excluding tert-OH is 1. The van der Waals surface area contributed by atoms with Crippen LogP contribution in [0.4, 0.5) is 0 Å². The second-order valence-corrected chi connectivity index (χ2v) is 5.21. The second kappa shape index (κ2) is 6.22. The van der Waals surface area contributed by atoms with Gasteiger partial charge in [-0.3, -0.25) is 0 Å². The molecule has 0 radical (unpaired) electrons. The van der Waals surface area contributed by atoms with Crippen molar-refractivity contribution in [3.63, 3.8) is 0 Å². The summed E-state index contributed by atoms with van der Waals surface area (Å²) in [6.45, 7) is 0. The van der Waals surface area contributed by atoms with Crippen molar-refractivity contribution in [3.05, 3.63) is 24.2 Å². The molecule has 1 saturated carbocycles. The number of hydrogen-bond acceptors (Lipinski definition) is 3. The molecule has 1 aliphatic rings. The van der Waals surface area contributed by atoms with E-state index in [1.165, 1.54) is 32.1 Å². The molecule has 2 rings (SSSR count). The van der Waals surface area contributed by atoms with Crippen LogP contribution in [0.3, 0.4) is 0 Å². The third-order valence-electron chi connectivity index (χ3n) is 3.87. The van der Waals surface area contributed by atoms with Crippen molar-refractivity contribution < 1.29 is 9.52 Å². The van der Waals surface area contributed by atoms with Gasteiger partial charge in [-0.25, -0.2) is 0 Å². The first-order valence-electron chi connectivity index (χ1n) is 6.74. The van der Waals surface area contributed by atoms with E-state index in [1.807, 2.05) is 0 Å². The Morgan fingerprint density at radius 1 is 1.35 bits per heavy atom. The van der Waals surface area contributed by atoms with Gasteiger partial charge in [0.2, 0.25) is 0 Å². The van der Waals surface area contributed by atoms with Crippen molar-refractivity contribution in [1.29, 1.82) is 0 Å². The summed E-state index contributed by atoms with van der Waals surface area (Å²) >= 11 is 0. The van der Waals surface area contributed by atoms with Crippen LogP contribution in [0, 0.1) is 5.92 Å². The summed E-state index contributed by atoms with van der Waals surface area (Å²) in [5, 5.41) is 9.99. The first-order chi connectivity index (χ1) is 8.27. The maximum atomic E-state index is 9.99. The lowest BCUT2D eigenvalue weighted by Crippen LogP contribution is -2.29. The van der Waals surface area contributed by atoms with Gasteiger partial charge < -0.3 is 15.3 Å². The van der Waals surface area contributed by atoms with Crippen LogP contribution in [0.15, 0.2) is 22.8 Å². The Hall–Kier alpha value is -0.800. The van der Waals surface area contributed by atoms with Gasteiger partial charge in [0.1, 0.15) is 11.9 Å². The molecule has 1 aromatic rings. The number of aliphatic hydroxyl groups is 1. The average molecular weight is 237 g/mol. The Morgan fingerprint density at radius 3 is 2.76 bits per heavy atom. The van der Waals surface area contributed by atoms with Gasteiger partial charge in [0, 0.05) is 6.04 Å². The fraction of sp³-hybridized carbons (Fsp3) is 0.714. The molecular formula is C14H23NO2. The summed E-state index contributed by atoms with van der Waals surface area (Å²) in [5.74, 6) is 1.40. The van der Waals surface area contributed by atoms with Gasteiger partial charge in [-0.1, -0.05) is 32.1 Å². The standard InChI is InChI=1S/C14H23NO2/c15-12(14(16)13-7-4-10-17-13)9-8-11-5-2-1-3-6-11/h4,7,10-12,14,16H,1-3,5-6,8-9,15H2. The summed E-state index contributed by atoms with van der Waals surface area (Å²) in [6, 6.07) is 3.36. The highest BCUT2D eigenvalue weighted by Crippen LogP contribution is 2.29. The molecule has 0 aromatic carbocycles. The van der Waals surface area contributed by atoms with Gasteiger partial charge >= 0.3 is 0 Å². The van der Waals surface area contributed by atoms with Crippen molar-refractivity contribution in [2.45, 2.75) is 57.1 Å². The molecule has 2 unspecified atom stereocenters.